The lowest BCUT2D eigenvalue weighted by atomic mass is 9.46. The first-order valence-corrected chi connectivity index (χ1v) is 9.22. The maximum atomic E-state index is 11.8. The summed E-state index contributed by atoms with van der Waals surface area (Å²) < 4.78 is 0. The minimum atomic E-state index is 0.158. The average Bonchev–Trinajstić information content (AvgIpc) is 2.70. The topological polar surface area (TPSA) is 17.1 Å². The molecule has 0 aromatic carbocycles. The van der Waals surface area contributed by atoms with Crippen molar-refractivity contribution in [1.29, 1.82) is 0 Å². The van der Waals surface area contributed by atoms with Gasteiger partial charge in [0.25, 0.3) is 0 Å². The Labute approximate surface area is 135 Å². The van der Waals surface area contributed by atoms with Crippen molar-refractivity contribution < 1.29 is 4.79 Å². The fraction of sp³-hybridized carbons (Fsp3) is 0.762. The highest BCUT2D eigenvalue weighted by atomic mass is 16.1. The van der Waals surface area contributed by atoms with Crippen molar-refractivity contribution in [2.45, 2.75) is 66.2 Å². The molecule has 0 amide bonds. The van der Waals surface area contributed by atoms with Gasteiger partial charge in [-0.05, 0) is 79.3 Å². The Hall–Kier alpha value is -0.850. The van der Waals surface area contributed by atoms with Crippen molar-refractivity contribution in [2.24, 2.45) is 34.0 Å². The molecular formula is C21H30O. The van der Waals surface area contributed by atoms with Gasteiger partial charge in [-0.15, -0.1) is 0 Å². The monoisotopic (exact) mass is 298 g/mol. The molecule has 0 saturated heterocycles. The van der Waals surface area contributed by atoms with Crippen LogP contribution in [0.15, 0.2) is 23.8 Å². The molecule has 0 unspecified atom stereocenters. The van der Waals surface area contributed by atoms with Gasteiger partial charge in [0.1, 0.15) is 0 Å². The first-order chi connectivity index (χ1) is 10.3. The highest BCUT2D eigenvalue weighted by molar-refractivity contribution is 6.01. The first-order valence-electron chi connectivity index (χ1n) is 9.22. The Morgan fingerprint density at radius 2 is 1.73 bits per heavy atom. The molecule has 4 aliphatic carbocycles. The zero-order chi connectivity index (χ0) is 15.8. The van der Waals surface area contributed by atoms with E-state index < -0.39 is 0 Å². The van der Waals surface area contributed by atoms with Crippen molar-refractivity contribution in [2.75, 3.05) is 0 Å². The molecule has 0 aromatic heterocycles. The van der Waals surface area contributed by atoms with Crippen molar-refractivity contribution in [3.05, 3.63) is 23.8 Å². The zero-order valence-electron chi connectivity index (χ0n) is 14.6. The summed E-state index contributed by atoms with van der Waals surface area (Å²) in [5.41, 5.74) is 2.60. The summed E-state index contributed by atoms with van der Waals surface area (Å²) in [6, 6.07) is 0. The SMILES string of the molecule is CC1(C)CC[C@H]2[C@@H]3CCC4=CC(=O)C=C[C@]4(C)[C@H]3CC[C@@]21C. The Morgan fingerprint density at radius 1 is 1.00 bits per heavy atom. The number of fused-ring (bicyclic) bond motifs is 5. The minimum absolute atomic E-state index is 0.158. The second kappa shape index (κ2) is 4.36. The predicted molar refractivity (Wildman–Crippen MR) is 90.4 cm³/mol. The summed E-state index contributed by atoms with van der Waals surface area (Å²) in [5, 5.41) is 0. The summed E-state index contributed by atoms with van der Waals surface area (Å²) in [7, 11) is 0. The molecule has 0 bridgehead atoms. The van der Waals surface area contributed by atoms with Gasteiger partial charge < -0.3 is 0 Å². The molecule has 0 heterocycles. The molecule has 0 radical (unpaired) electrons. The van der Waals surface area contributed by atoms with E-state index >= 15 is 0 Å². The van der Waals surface area contributed by atoms with Gasteiger partial charge >= 0.3 is 0 Å². The van der Waals surface area contributed by atoms with Crippen LogP contribution in [0.2, 0.25) is 0 Å². The van der Waals surface area contributed by atoms with Crippen LogP contribution in [-0.4, -0.2) is 5.78 Å². The van der Waals surface area contributed by atoms with Crippen LogP contribution in [0.3, 0.4) is 0 Å². The minimum Gasteiger partial charge on any atom is -0.290 e. The summed E-state index contributed by atoms with van der Waals surface area (Å²) in [6.45, 7) is 9.99. The molecule has 3 saturated carbocycles. The van der Waals surface area contributed by atoms with Crippen molar-refractivity contribution in [1.82, 2.24) is 0 Å². The van der Waals surface area contributed by atoms with Gasteiger partial charge in [0, 0.05) is 5.41 Å². The van der Waals surface area contributed by atoms with Crippen LogP contribution in [0.4, 0.5) is 0 Å². The molecule has 0 aromatic rings. The smallest absolute Gasteiger partial charge is 0.178 e. The molecular weight excluding hydrogens is 268 g/mol. The van der Waals surface area contributed by atoms with E-state index in [1.807, 2.05) is 12.2 Å². The third kappa shape index (κ3) is 1.69. The number of allylic oxidation sites excluding steroid dienone is 4. The molecule has 1 heteroatoms. The second-order valence-electron chi connectivity index (χ2n) is 9.48. The maximum absolute atomic E-state index is 11.8. The van der Waals surface area contributed by atoms with Gasteiger partial charge in [-0.2, -0.15) is 0 Å². The highest BCUT2D eigenvalue weighted by Crippen LogP contribution is 2.69. The third-order valence-corrected chi connectivity index (χ3v) is 8.57. The molecule has 22 heavy (non-hydrogen) atoms. The molecule has 3 fully saturated rings. The van der Waals surface area contributed by atoms with Gasteiger partial charge in [-0.25, -0.2) is 0 Å². The van der Waals surface area contributed by atoms with Crippen LogP contribution in [0.1, 0.15) is 66.2 Å². The van der Waals surface area contributed by atoms with Gasteiger partial charge in [0.05, 0.1) is 0 Å². The first kappa shape index (κ1) is 14.7. The zero-order valence-corrected chi connectivity index (χ0v) is 14.6. The lowest BCUT2D eigenvalue weighted by Gasteiger charge is -2.58. The summed E-state index contributed by atoms with van der Waals surface area (Å²) in [6.07, 6.45) is 14.0. The molecule has 120 valence electrons. The van der Waals surface area contributed by atoms with E-state index in [1.165, 1.54) is 37.7 Å². The Bertz CT molecular complexity index is 581. The standard InChI is InChI=1S/C21H30O/c1-19(2)10-8-18-16-6-5-14-13-15(22)7-11-20(14,3)17(16)9-12-21(18,19)4/h7,11,13,16-18H,5-6,8-10,12H2,1-4H3/t16-,17+,18+,20+,21+/m1/s1. The van der Waals surface area contributed by atoms with Crippen LogP contribution < -0.4 is 0 Å². The van der Waals surface area contributed by atoms with Crippen LogP contribution in [0.5, 0.6) is 0 Å². The van der Waals surface area contributed by atoms with E-state index in [1.54, 1.807) is 0 Å². The maximum Gasteiger partial charge on any atom is 0.178 e. The average molecular weight is 298 g/mol. The lowest BCUT2D eigenvalue weighted by molar-refractivity contribution is -0.111. The van der Waals surface area contributed by atoms with Crippen molar-refractivity contribution in [3.63, 3.8) is 0 Å². The molecule has 0 spiro atoms. The third-order valence-electron chi connectivity index (χ3n) is 8.57. The van der Waals surface area contributed by atoms with Gasteiger partial charge in [0.2, 0.25) is 0 Å². The largest absolute Gasteiger partial charge is 0.290 e. The molecule has 5 atom stereocenters. The van der Waals surface area contributed by atoms with Crippen molar-refractivity contribution >= 4 is 5.78 Å². The molecule has 1 nitrogen and oxygen atoms in total. The van der Waals surface area contributed by atoms with Crippen LogP contribution >= 0.6 is 0 Å². The normalized spacial score (nSPS) is 49.2. The summed E-state index contributed by atoms with van der Waals surface area (Å²) >= 11 is 0. The lowest BCUT2D eigenvalue weighted by Crippen LogP contribution is -2.50. The van der Waals surface area contributed by atoms with E-state index in [-0.39, 0.29) is 11.2 Å². The van der Waals surface area contributed by atoms with Crippen LogP contribution in [0, 0.1) is 34.0 Å². The summed E-state index contributed by atoms with van der Waals surface area (Å²) in [5.74, 6) is 2.71. The van der Waals surface area contributed by atoms with Crippen LogP contribution in [-0.2, 0) is 4.79 Å². The number of carbonyl (C=O) groups is 1. The van der Waals surface area contributed by atoms with E-state index in [9.17, 15) is 4.79 Å². The number of ketones is 1. The van der Waals surface area contributed by atoms with E-state index in [4.69, 9.17) is 0 Å². The number of carbonyl (C=O) groups excluding carboxylic acids is 1. The molecule has 4 aliphatic rings. The number of hydrogen-bond donors (Lipinski definition) is 0. The quantitative estimate of drug-likeness (QED) is 0.591. The molecule has 4 rings (SSSR count). The van der Waals surface area contributed by atoms with E-state index in [2.05, 4.69) is 33.8 Å². The van der Waals surface area contributed by atoms with Gasteiger partial charge in [0.15, 0.2) is 5.78 Å². The fourth-order valence-electron chi connectivity index (χ4n) is 6.69. The fourth-order valence-corrected chi connectivity index (χ4v) is 6.69. The predicted octanol–water partition coefficient (Wildman–Crippen LogP) is 5.32. The molecule has 0 N–H and O–H groups in total. The highest BCUT2D eigenvalue weighted by Gasteiger charge is 2.60. The van der Waals surface area contributed by atoms with Gasteiger partial charge in [-0.1, -0.05) is 39.3 Å². The molecule has 0 aliphatic heterocycles. The number of rotatable bonds is 0. The number of hydrogen-bond acceptors (Lipinski definition) is 1. The van der Waals surface area contributed by atoms with Crippen molar-refractivity contribution in [3.8, 4) is 0 Å². The summed E-state index contributed by atoms with van der Waals surface area (Å²) in [4.78, 5) is 11.8. The Kier molecular flexibility index (Phi) is 2.92. The van der Waals surface area contributed by atoms with Gasteiger partial charge in [-0.3, -0.25) is 4.79 Å². The Balaban J connectivity index is 1.71. The van der Waals surface area contributed by atoms with E-state index in [0.717, 1.165) is 24.2 Å². The van der Waals surface area contributed by atoms with Crippen LogP contribution in [0.25, 0.3) is 0 Å². The second-order valence-corrected chi connectivity index (χ2v) is 9.48. The Morgan fingerprint density at radius 3 is 2.50 bits per heavy atom. The van der Waals surface area contributed by atoms with E-state index in [0.29, 0.717) is 10.8 Å².